The van der Waals surface area contributed by atoms with Gasteiger partial charge in [0.05, 0.1) is 6.61 Å². The molecule has 2 atom stereocenters. The molecule has 0 spiro atoms. The van der Waals surface area contributed by atoms with Gasteiger partial charge in [-0.15, -0.1) is 0 Å². The highest BCUT2D eigenvalue weighted by atomic mass is 16.5. The van der Waals surface area contributed by atoms with Crippen LogP contribution in [-0.4, -0.2) is 25.7 Å². The number of carbonyl (C=O) groups excluding carboxylic acids is 1. The van der Waals surface area contributed by atoms with Crippen molar-refractivity contribution in [3.05, 3.63) is 35.9 Å². The van der Waals surface area contributed by atoms with Crippen LogP contribution in [0.15, 0.2) is 30.3 Å². The summed E-state index contributed by atoms with van der Waals surface area (Å²) in [7, 11) is 1.60. The number of carbonyl (C=O) groups is 1. The Morgan fingerprint density at radius 3 is 2.53 bits per heavy atom. The molecule has 0 heterocycles. The van der Waals surface area contributed by atoms with Crippen molar-refractivity contribution >= 4 is 5.91 Å². The molecule has 0 bridgehead atoms. The molecule has 3 nitrogen and oxygen atoms in total. The first-order valence-corrected chi connectivity index (χ1v) is 5.98. The predicted molar refractivity (Wildman–Crippen MR) is 69.0 cm³/mol. The molecule has 0 aromatic heterocycles. The monoisotopic (exact) mass is 235 g/mol. The summed E-state index contributed by atoms with van der Waals surface area (Å²) in [6.45, 7) is 4.62. The summed E-state index contributed by atoms with van der Waals surface area (Å²) in [4.78, 5) is 11.6. The topological polar surface area (TPSA) is 38.3 Å². The number of benzene rings is 1. The van der Waals surface area contributed by atoms with E-state index in [9.17, 15) is 4.79 Å². The van der Waals surface area contributed by atoms with E-state index in [1.807, 2.05) is 25.1 Å². The van der Waals surface area contributed by atoms with Gasteiger partial charge in [-0.2, -0.15) is 0 Å². The molecule has 0 aliphatic rings. The number of hydrogen-bond donors (Lipinski definition) is 1. The molecule has 0 fully saturated rings. The maximum absolute atomic E-state index is 11.6. The van der Waals surface area contributed by atoms with Crippen LogP contribution in [0.2, 0.25) is 0 Å². The number of rotatable bonds is 6. The second-order valence-electron chi connectivity index (χ2n) is 4.30. The lowest BCUT2D eigenvalue weighted by Crippen LogP contribution is -2.36. The normalized spacial score (nSPS) is 14.1. The molecule has 0 saturated carbocycles. The first-order valence-electron chi connectivity index (χ1n) is 5.98. The lowest BCUT2D eigenvalue weighted by Gasteiger charge is -2.21. The second kappa shape index (κ2) is 7.07. The lowest BCUT2D eigenvalue weighted by atomic mass is 9.94. The molecule has 1 amide bonds. The third-order valence-corrected chi connectivity index (χ3v) is 3.00. The van der Waals surface area contributed by atoms with Gasteiger partial charge in [0.25, 0.3) is 0 Å². The second-order valence-corrected chi connectivity index (χ2v) is 4.30. The van der Waals surface area contributed by atoms with Crippen LogP contribution in [0, 0.1) is 0 Å². The molecule has 1 rings (SSSR count). The average molecular weight is 235 g/mol. The molecule has 0 aliphatic heterocycles. The molecule has 0 aliphatic carbocycles. The predicted octanol–water partition coefficient (Wildman–Crippen LogP) is 2.33. The molecule has 0 radical (unpaired) electrons. The van der Waals surface area contributed by atoms with Crippen LogP contribution < -0.4 is 5.32 Å². The van der Waals surface area contributed by atoms with Gasteiger partial charge in [-0.05, 0) is 12.5 Å². The molecule has 94 valence electrons. The molecule has 17 heavy (non-hydrogen) atoms. The van der Waals surface area contributed by atoms with E-state index in [4.69, 9.17) is 4.74 Å². The van der Waals surface area contributed by atoms with Crippen LogP contribution in [0.5, 0.6) is 0 Å². The largest absolute Gasteiger partial charge is 0.384 e. The number of methoxy groups -OCH3 is 1. The van der Waals surface area contributed by atoms with Crippen LogP contribution in [-0.2, 0) is 9.53 Å². The zero-order valence-electron chi connectivity index (χ0n) is 10.8. The van der Waals surface area contributed by atoms with Crippen molar-refractivity contribution in [3.63, 3.8) is 0 Å². The molecule has 0 saturated heterocycles. The fourth-order valence-electron chi connectivity index (χ4n) is 1.69. The third kappa shape index (κ3) is 4.57. The van der Waals surface area contributed by atoms with Crippen LogP contribution in [0.4, 0.5) is 0 Å². The van der Waals surface area contributed by atoms with Crippen molar-refractivity contribution in [1.82, 2.24) is 5.32 Å². The third-order valence-electron chi connectivity index (χ3n) is 3.00. The van der Waals surface area contributed by atoms with Crippen molar-refractivity contribution in [3.8, 4) is 0 Å². The fraction of sp³-hybridized carbons (Fsp3) is 0.500. The van der Waals surface area contributed by atoms with Gasteiger partial charge >= 0.3 is 0 Å². The van der Waals surface area contributed by atoms with Gasteiger partial charge in [-0.25, -0.2) is 0 Å². The molecule has 1 aromatic rings. The van der Waals surface area contributed by atoms with E-state index in [0.717, 1.165) is 0 Å². The summed E-state index contributed by atoms with van der Waals surface area (Å²) in [5.74, 6) is 0.352. The summed E-state index contributed by atoms with van der Waals surface area (Å²) >= 11 is 0. The van der Waals surface area contributed by atoms with Gasteiger partial charge < -0.3 is 10.1 Å². The average Bonchev–Trinajstić information content (AvgIpc) is 2.36. The molecular weight excluding hydrogens is 214 g/mol. The van der Waals surface area contributed by atoms with E-state index in [1.54, 1.807) is 7.11 Å². The van der Waals surface area contributed by atoms with Crippen molar-refractivity contribution in [2.45, 2.75) is 32.2 Å². The van der Waals surface area contributed by atoms with Crippen LogP contribution in [0.25, 0.3) is 0 Å². The van der Waals surface area contributed by atoms with Crippen molar-refractivity contribution in [2.75, 3.05) is 13.7 Å². The highest BCUT2D eigenvalue weighted by Gasteiger charge is 2.15. The summed E-state index contributed by atoms with van der Waals surface area (Å²) in [5, 5.41) is 2.99. The Balaban J connectivity index is 2.47. The van der Waals surface area contributed by atoms with Crippen molar-refractivity contribution < 1.29 is 9.53 Å². The molecule has 3 heteroatoms. The maximum Gasteiger partial charge on any atom is 0.222 e. The SMILES string of the molecule is COCCC(=O)N[C@@H](C)[C@@H](C)c1ccccc1. The quantitative estimate of drug-likeness (QED) is 0.822. The number of nitrogens with one attached hydrogen (secondary N) is 1. The minimum Gasteiger partial charge on any atom is -0.384 e. The van der Waals surface area contributed by atoms with Gasteiger partial charge in [0.2, 0.25) is 5.91 Å². The summed E-state index contributed by atoms with van der Waals surface area (Å²) < 4.78 is 4.88. The van der Waals surface area contributed by atoms with E-state index < -0.39 is 0 Å². The summed E-state index contributed by atoms with van der Waals surface area (Å²) in [6.07, 6.45) is 0.419. The Kier molecular flexibility index (Phi) is 5.70. The first-order chi connectivity index (χ1) is 8.15. The van der Waals surface area contributed by atoms with Crippen LogP contribution >= 0.6 is 0 Å². The van der Waals surface area contributed by atoms with Gasteiger partial charge in [0.15, 0.2) is 0 Å². The summed E-state index contributed by atoms with van der Waals surface area (Å²) in [6, 6.07) is 10.3. The Bertz CT molecular complexity index is 337. The zero-order chi connectivity index (χ0) is 12.7. The Hall–Kier alpha value is -1.35. The number of amides is 1. The summed E-state index contributed by atoms with van der Waals surface area (Å²) in [5.41, 5.74) is 1.24. The Morgan fingerprint density at radius 1 is 1.29 bits per heavy atom. The van der Waals surface area contributed by atoms with Crippen LogP contribution in [0.3, 0.4) is 0 Å². The minimum atomic E-state index is 0.0436. The van der Waals surface area contributed by atoms with E-state index in [1.165, 1.54) is 5.56 Å². The minimum absolute atomic E-state index is 0.0436. The van der Waals surface area contributed by atoms with Gasteiger partial charge in [-0.1, -0.05) is 37.3 Å². The highest BCUT2D eigenvalue weighted by molar-refractivity contribution is 5.76. The zero-order valence-corrected chi connectivity index (χ0v) is 10.8. The number of ether oxygens (including phenoxy) is 1. The Morgan fingerprint density at radius 2 is 1.94 bits per heavy atom. The van der Waals surface area contributed by atoms with E-state index in [-0.39, 0.29) is 11.9 Å². The lowest BCUT2D eigenvalue weighted by molar-refractivity contribution is -0.122. The van der Waals surface area contributed by atoms with E-state index in [0.29, 0.717) is 18.9 Å². The van der Waals surface area contributed by atoms with Gasteiger partial charge in [0.1, 0.15) is 0 Å². The molecule has 1 aromatic carbocycles. The number of hydrogen-bond acceptors (Lipinski definition) is 2. The maximum atomic E-state index is 11.6. The van der Waals surface area contributed by atoms with Crippen LogP contribution in [0.1, 0.15) is 31.7 Å². The molecule has 1 N–H and O–H groups in total. The highest BCUT2D eigenvalue weighted by Crippen LogP contribution is 2.18. The first kappa shape index (κ1) is 13.7. The molecular formula is C14H21NO2. The standard InChI is InChI=1S/C14H21NO2/c1-11(13-7-5-4-6-8-13)12(2)15-14(16)9-10-17-3/h4-8,11-12H,9-10H2,1-3H3,(H,15,16)/t11-,12+/m1/s1. The van der Waals surface area contributed by atoms with E-state index in [2.05, 4.69) is 24.4 Å². The van der Waals surface area contributed by atoms with Crippen molar-refractivity contribution in [1.29, 1.82) is 0 Å². The van der Waals surface area contributed by atoms with Crippen molar-refractivity contribution in [2.24, 2.45) is 0 Å². The molecule has 0 unspecified atom stereocenters. The van der Waals surface area contributed by atoms with Gasteiger partial charge in [0, 0.05) is 25.5 Å². The van der Waals surface area contributed by atoms with Gasteiger partial charge in [-0.3, -0.25) is 4.79 Å². The fourth-order valence-corrected chi connectivity index (χ4v) is 1.69. The smallest absolute Gasteiger partial charge is 0.222 e. The van der Waals surface area contributed by atoms with E-state index >= 15 is 0 Å². The Labute approximate surface area is 103 Å².